The average Bonchev–Trinajstić information content (AvgIpc) is 3.70. The average molecular weight is 695 g/mol. The van der Waals surface area contributed by atoms with E-state index in [2.05, 4.69) is 39.6 Å². The number of ether oxygens (including phenoxy) is 3. The number of aliphatic hydroxyl groups excluding tert-OH is 2. The van der Waals surface area contributed by atoms with E-state index < -0.39 is 30.2 Å². The fourth-order valence-electron chi connectivity index (χ4n) is 14.1. The van der Waals surface area contributed by atoms with Gasteiger partial charge in [0.15, 0.2) is 6.29 Å². The number of carbonyl (C=O) groups is 1. The summed E-state index contributed by atoms with van der Waals surface area (Å²) in [6.07, 6.45) is 7.83. The van der Waals surface area contributed by atoms with Crippen LogP contribution in [0.3, 0.4) is 0 Å². The van der Waals surface area contributed by atoms with E-state index in [0.717, 1.165) is 37.8 Å². The first-order valence-electron chi connectivity index (χ1n) is 19.7. The van der Waals surface area contributed by atoms with Crippen molar-refractivity contribution in [1.82, 2.24) is 9.88 Å². The lowest BCUT2D eigenvalue weighted by molar-refractivity contribution is -0.248. The van der Waals surface area contributed by atoms with Crippen LogP contribution in [0, 0.1) is 50.7 Å². The van der Waals surface area contributed by atoms with Gasteiger partial charge in [-0.1, -0.05) is 40.7 Å². The molecule has 2 aliphatic heterocycles. The minimum atomic E-state index is -1.26. The number of fused-ring (bicyclic) bond motifs is 4. The maximum Gasteiger partial charge on any atom is 0.228 e. The minimum Gasteiger partial charge on any atom is -0.390 e. The number of amides is 1. The maximum absolute atomic E-state index is 13.2. The Morgan fingerprint density at radius 3 is 2.56 bits per heavy atom. The second kappa shape index (κ2) is 11.7. The Hall–Kier alpha value is -1.62. The highest BCUT2D eigenvalue weighted by molar-refractivity contribution is 5.78. The molecule has 0 radical (unpaired) electrons. The number of aliphatic hydroxyl groups is 3. The number of hydrogen-bond donors (Lipinski definition) is 3. The van der Waals surface area contributed by atoms with Crippen molar-refractivity contribution in [3.63, 3.8) is 0 Å². The summed E-state index contributed by atoms with van der Waals surface area (Å²) in [5, 5.41) is 34.2. The van der Waals surface area contributed by atoms with Crippen molar-refractivity contribution < 1.29 is 34.3 Å². The van der Waals surface area contributed by atoms with Crippen molar-refractivity contribution in [2.45, 2.75) is 149 Å². The van der Waals surface area contributed by atoms with Gasteiger partial charge in [-0.15, -0.1) is 0 Å². The highest BCUT2D eigenvalue weighted by atomic mass is 16.7. The summed E-state index contributed by atoms with van der Waals surface area (Å²) in [5.41, 5.74) is -0.366. The van der Waals surface area contributed by atoms with Gasteiger partial charge >= 0.3 is 0 Å². The molecule has 7 fully saturated rings. The number of carbonyl (C=O) groups excluding carboxylic acids is 1. The molecule has 50 heavy (non-hydrogen) atoms. The fourth-order valence-corrected chi connectivity index (χ4v) is 14.1. The van der Waals surface area contributed by atoms with Gasteiger partial charge in [-0.05, 0) is 123 Å². The Morgan fingerprint density at radius 1 is 1.10 bits per heavy atom. The Kier molecular flexibility index (Phi) is 8.28. The van der Waals surface area contributed by atoms with Gasteiger partial charge in [-0.3, -0.25) is 9.78 Å². The van der Waals surface area contributed by atoms with E-state index in [1.54, 1.807) is 20.0 Å². The lowest BCUT2D eigenvalue weighted by Crippen LogP contribution is -2.60. The normalized spacial score (nSPS) is 48.4. The van der Waals surface area contributed by atoms with Crippen LogP contribution in [0.15, 0.2) is 24.4 Å². The molecule has 5 saturated carbocycles. The molecule has 7 aliphatic rings. The lowest BCUT2D eigenvalue weighted by Gasteiger charge is -2.64. The molecule has 14 unspecified atom stereocenters. The van der Waals surface area contributed by atoms with Gasteiger partial charge < -0.3 is 34.4 Å². The molecule has 0 bridgehead atoms. The molecule has 8 rings (SSSR count). The lowest BCUT2D eigenvalue weighted by atomic mass is 9.41. The first-order valence-corrected chi connectivity index (χ1v) is 19.7. The largest absolute Gasteiger partial charge is 0.390 e. The summed E-state index contributed by atoms with van der Waals surface area (Å²) < 4.78 is 19.7. The van der Waals surface area contributed by atoms with E-state index in [4.69, 9.17) is 14.2 Å². The SMILES string of the molecule is CC1CC(C(O)C(C)(C)O)OC2C1C1(C)CCC34CC35CCC(OC3CN(C(=O)Cc6ccccn6)CCO3)C(C)(C)C5CCC4C1(C)C2O. The molecule has 9 heteroatoms. The van der Waals surface area contributed by atoms with Crippen LogP contribution in [0.2, 0.25) is 0 Å². The second-order valence-electron chi connectivity index (χ2n) is 19.4. The summed E-state index contributed by atoms with van der Waals surface area (Å²) in [5.74, 6) is 1.53. The Balaban J connectivity index is 0.985. The number of rotatable bonds is 6. The molecule has 0 aromatic carbocycles. The molecule has 1 amide bonds. The van der Waals surface area contributed by atoms with E-state index in [-0.39, 0.29) is 57.0 Å². The van der Waals surface area contributed by atoms with Gasteiger partial charge in [-0.2, -0.15) is 0 Å². The first kappa shape index (κ1) is 35.4. The van der Waals surface area contributed by atoms with Crippen LogP contribution >= 0.6 is 0 Å². The summed E-state index contributed by atoms with van der Waals surface area (Å²) in [7, 11) is 0. The molecule has 1 aromatic heterocycles. The number of morpholine rings is 1. The third-order valence-electron chi connectivity index (χ3n) is 16.6. The van der Waals surface area contributed by atoms with Crippen LogP contribution < -0.4 is 0 Å². The van der Waals surface area contributed by atoms with Gasteiger partial charge in [0, 0.05) is 23.9 Å². The number of aromatic nitrogens is 1. The molecule has 3 N–H and O–H groups in total. The Morgan fingerprint density at radius 2 is 1.84 bits per heavy atom. The van der Waals surface area contributed by atoms with Gasteiger partial charge in [-0.25, -0.2) is 0 Å². The quantitative estimate of drug-likeness (QED) is 0.375. The predicted molar refractivity (Wildman–Crippen MR) is 188 cm³/mol. The molecule has 5 aliphatic carbocycles. The first-order chi connectivity index (χ1) is 23.5. The monoisotopic (exact) mass is 694 g/mol. The van der Waals surface area contributed by atoms with E-state index in [0.29, 0.717) is 44.4 Å². The molecule has 278 valence electrons. The van der Waals surface area contributed by atoms with Crippen LogP contribution in [0.1, 0.15) is 106 Å². The van der Waals surface area contributed by atoms with Crippen molar-refractivity contribution in [1.29, 1.82) is 0 Å². The third kappa shape index (κ3) is 4.85. The van der Waals surface area contributed by atoms with Crippen LogP contribution in [0.4, 0.5) is 0 Å². The fraction of sp³-hybridized carbons (Fsp3) is 0.854. The highest BCUT2D eigenvalue weighted by Crippen LogP contribution is 2.89. The zero-order valence-electron chi connectivity index (χ0n) is 31.4. The molecule has 2 saturated heterocycles. The van der Waals surface area contributed by atoms with E-state index >= 15 is 0 Å². The Labute approximate surface area is 298 Å². The van der Waals surface area contributed by atoms with Crippen molar-refractivity contribution >= 4 is 5.91 Å². The summed E-state index contributed by atoms with van der Waals surface area (Å²) >= 11 is 0. The van der Waals surface area contributed by atoms with Crippen LogP contribution in [-0.4, -0.2) is 93.2 Å². The molecule has 9 nitrogen and oxygen atoms in total. The number of hydrogen-bond acceptors (Lipinski definition) is 8. The summed E-state index contributed by atoms with van der Waals surface area (Å²) in [6, 6.07) is 5.68. The molecule has 14 atom stereocenters. The minimum absolute atomic E-state index is 0.0433. The van der Waals surface area contributed by atoms with Gasteiger partial charge in [0.1, 0.15) is 6.10 Å². The van der Waals surface area contributed by atoms with Crippen molar-refractivity contribution in [2.24, 2.45) is 50.7 Å². The maximum atomic E-state index is 13.2. The molecular weight excluding hydrogens is 632 g/mol. The van der Waals surface area contributed by atoms with E-state index in [9.17, 15) is 20.1 Å². The third-order valence-corrected chi connectivity index (χ3v) is 16.6. The van der Waals surface area contributed by atoms with Crippen molar-refractivity contribution in [3.8, 4) is 0 Å². The standard InChI is InChI=1S/C41H62N2O7/c1-24-20-26(34(45)37(4,5)47)49-33-32(24)38(6)15-16-41-23-40(41)14-13-29(36(2,3)27(40)11-12-28(41)39(38,7)35(33)46)50-31-22-43(18-19-48-31)30(44)21-25-10-8-9-17-42-25/h8-10,17,24,26-29,31-35,45-47H,11-16,18-23H2,1-7H3. The molecule has 2 spiro atoms. The van der Waals surface area contributed by atoms with Gasteiger partial charge in [0.25, 0.3) is 0 Å². The molecule has 1 aromatic rings. The topological polar surface area (TPSA) is 122 Å². The van der Waals surface area contributed by atoms with Crippen LogP contribution in [0.25, 0.3) is 0 Å². The highest BCUT2D eigenvalue weighted by Gasteiger charge is 2.84. The Bertz CT molecular complexity index is 1470. The smallest absolute Gasteiger partial charge is 0.228 e. The molecular formula is C41H62N2O7. The van der Waals surface area contributed by atoms with E-state index in [1.807, 2.05) is 23.1 Å². The summed E-state index contributed by atoms with van der Waals surface area (Å²) in [4.78, 5) is 19.4. The van der Waals surface area contributed by atoms with Crippen LogP contribution in [0.5, 0.6) is 0 Å². The molecule has 3 heterocycles. The summed E-state index contributed by atoms with van der Waals surface area (Å²) in [6.45, 7) is 16.7. The zero-order valence-corrected chi connectivity index (χ0v) is 31.4. The zero-order chi connectivity index (χ0) is 35.6. The predicted octanol–water partition coefficient (Wildman–Crippen LogP) is 5.14. The van der Waals surface area contributed by atoms with E-state index in [1.165, 1.54) is 12.8 Å². The van der Waals surface area contributed by atoms with Crippen molar-refractivity contribution in [3.05, 3.63) is 30.1 Å². The van der Waals surface area contributed by atoms with Gasteiger partial charge in [0.05, 0.1) is 49.6 Å². The van der Waals surface area contributed by atoms with Crippen molar-refractivity contribution in [2.75, 3.05) is 19.7 Å². The number of pyridine rings is 1. The van der Waals surface area contributed by atoms with Crippen LogP contribution in [-0.2, 0) is 25.4 Å². The second-order valence-corrected chi connectivity index (χ2v) is 19.4. The number of nitrogens with zero attached hydrogens (tertiary/aromatic N) is 2. The van der Waals surface area contributed by atoms with Gasteiger partial charge in [0.2, 0.25) is 5.91 Å².